The first-order valence-corrected chi connectivity index (χ1v) is 20.1. The van der Waals surface area contributed by atoms with Crippen LogP contribution in [0.4, 0.5) is 4.39 Å². The number of fused-ring (bicyclic) bond motifs is 1. The lowest BCUT2D eigenvalue weighted by molar-refractivity contribution is -0.157. The van der Waals surface area contributed by atoms with Gasteiger partial charge in [-0.2, -0.15) is 5.10 Å². The van der Waals surface area contributed by atoms with Gasteiger partial charge < -0.3 is 24.4 Å². The number of esters is 2. The number of benzene rings is 2. The Morgan fingerprint density at radius 1 is 0.847 bits per heavy atom. The van der Waals surface area contributed by atoms with Gasteiger partial charge in [-0.25, -0.2) is 9.49 Å². The van der Waals surface area contributed by atoms with Crippen LogP contribution < -0.4 is 5.56 Å². The van der Waals surface area contributed by atoms with Crippen molar-refractivity contribution in [2.75, 3.05) is 78.5 Å². The largest absolute Gasteiger partial charge is 0.480 e. The van der Waals surface area contributed by atoms with Gasteiger partial charge in [0.1, 0.15) is 17.5 Å². The van der Waals surface area contributed by atoms with Crippen LogP contribution in [-0.4, -0.2) is 166 Å². The molecule has 3 heterocycles. The van der Waals surface area contributed by atoms with E-state index >= 15 is 4.39 Å². The Kier molecular flexibility index (Phi) is 15.3. The van der Waals surface area contributed by atoms with Crippen LogP contribution in [0, 0.1) is 5.82 Å². The van der Waals surface area contributed by atoms with Crippen LogP contribution in [0.5, 0.6) is 0 Å². The third kappa shape index (κ3) is 12.9. The fourth-order valence-corrected chi connectivity index (χ4v) is 7.39. The van der Waals surface area contributed by atoms with Gasteiger partial charge in [0.2, 0.25) is 5.91 Å². The van der Waals surface area contributed by atoms with Crippen LogP contribution in [0.2, 0.25) is 0 Å². The first-order chi connectivity index (χ1) is 28.0. The molecule has 0 aliphatic carbocycles. The van der Waals surface area contributed by atoms with Gasteiger partial charge in [-0.1, -0.05) is 24.3 Å². The van der Waals surface area contributed by atoms with Gasteiger partial charge in [0.05, 0.1) is 35.8 Å². The van der Waals surface area contributed by atoms with E-state index in [1.807, 2.05) is 9.80 Å². The molecule has 2 saturated heterocycles. The lowest BCUT2D eigenvalue weighted by Gasteiger charge is -2.36. The summed E-state index contributed by atoms with van der Waals surface area (Å²) >= 11 is 0. The van der Waals surface area contributed by atoms with Crippen LogP contribution in [-0.2, 0) is 35.1 Å². The number of carbonyl (C=O) groups is 5. The highest BCUT2D eigenvalue weighted by atomic mass is 19.1. The van der Waals surface area contributed by atoms with Crippen molar-refractivity contribution in [2.45, 2.75) is 71.6 Å². The number of aromatic nitrogens is 2. The second-order valence-electron chi connectivity index (χ2n) is 16.3. The molecule has 1 atom stereocenters. The number of aromatic amines is 1. The highest BCUT2D eigenvalue weighted by Crippen LogP contribution is 2.21. The Morgan fingerprint density at radius 2 is 1.46 bits per heavy atom. The summed E-state index contributed by atoms with van der Waals surface area (Å²) in [5.41, 5.74) is 0.131. The molecular weight excluding hydrogens is 765 g/mol. The van der Waals surface area contributed by atoms with Crippen molar-refractivity contribution < 1.29 is 42.9 Å². The number of nitrogens with zero attached hydrogens (tertiary/aromatic N) is 6. The molecule has 0 saturated carbocycles. The molecule has 16 nitrogen and oxygen atoms in total. The summed E-state index contributed by atoms with van der Waals surface area (Å²) in [5.74, 6) is -3.29. The maximum absolute atomic E-state index is 15.1. The molecule has 17 heteroatoms. The van der Waals surface area contributed by atoms with Crippen molar-refractivity contribution in [3.63, 3.8) is 0 Å². The molecule has 2 N–H and O–H groups in total. The van der Waals surface area contributed by atoms with Crippen LogP contribution in [0.1, 0.15) is 69.1 Å². The SMILES string of the molecule is CC(C)OC(=O)C(CCC(=O)N1CCN(C(=O)c2cc(Cc3n[nH]c(=O)c4ccccc34)ccc2F)CC1)N1CCN(CC(=O)O)CCN(CC(=O)OC(C)(C)C)CC1. The third-order valence-electron chi connectivity index (χ3n) is 10.3. The number of ether oxygens (including phenoxy) is 2. The Balaban J connectivity index is 1.22. The number of halogens is 1. The highest BCUT2D eigenvalue weighted by Gasteiger charge is 2.33. The first-order valence-electron chi connectivity index (χ1n) is 20.1. The number of nitrogens with one attached hydrogen (secondary N) is 1. The summed E-state index contributed by atoms with van der Waals surface area (Å²) in [6, 6.07) is 10.5. The van der Waals surface area contributed by atoms with E-state index in [2.05, 4.69) is 10.2 Å². The molecular formula is C42H56FN7O9. The van der Waals surface area contributed by atoms with E-state index in [9.17, 15) is 33.9 Å². The molecule has 59 heavy (non-hydrogen) atoms. The molecule has 2 aromatic carbocycles. The molecule has 2 aliphatic heterocycles. The standard InChI is InChI=1S/C42H56FN7O9/c1-28(2)58-41(57)35(48-18-16-46(26-37(52)53)14-15-47(17-19-48)27-38(54)59-42(3,4)5)12-13-36(51)49-20-22-50(23-21-49)40(56)32-24-29(10-11-33(32)43)25-34-30-8-6-7-9-31(30)39(55)45-44-34/h6-11,24,28,35H,12-23,25-27H2,1-5H3,(H,45,55)(H,52,53). The molecule has 5 rings (SSSR count). The third-order valence-corrected chi connectivity index (χ3v) is 10.3. The molecule has 1 unspecified atom stereocenters. The molecule has 2 aliphatic rings. The minimum absolute atomic E-state index is 0.00686. The molecule has 0 bridgehead atoms. The maximum Gasteiger partial charge on any atom is 0.323 e. The van der Waals surface area contributed by atoms with Crippen molar-refractivity contribution in [1.29, 1.82) is 0 Å². The maximum atomic E-state index is 15.1. The van der Waals surface area contributed by atoms with Crippen molar-refractivity contribution in [3.8, 4) is 0 Å². The zero-order chi connectivity index (χ0) is 42.9. The predicted octanol–water partition coefficient (Wildman–Crippen LogP) is 2.38. The summed E-state index contributed by atoms with van der Waals surface area (Å²) in [5, 5.41) is 17.4. The summed E-state index contributed by atoms with van der Waals surface area (Å²) in [6.45, 7) is 11.6. The average molecular weight is 822 g/mol. The number of carbonyl (C=O) groups excluding carboxylic acids is 4. The van der Waals surface area contributed by atoms with E-state index < -0.39 is 47.4 Å². The van der Waals surface area contributed by atoms with E-state index in [0.29, 0.717) is 61.3 Å². The highest BCUT2D eigenvalue weighted by molar-refractivity contribution is 5.95. The van der Waals surface area contributed by atoms with E-state index in [-0.39, 0.29) is 75.6 Å². The second-order valence-corrected chi connectivity index (χ2v) is 16.3. The van der Waals surface area contributed by atoms with Gasteiger partial charge >= 0.3 is 17.9 Å². The van der Waals surface area contributed by atoms with E-state index in [1.165, 1.54) is 17.0 Å². The number of carboxylic acid groups (broad SMARTS) is 1. The van der Waals surface area contributed by atoms with E-state index in [1.54, 1.807) is 74.8 Å². The van der Waals surface area contributed by atoms with Crippen molar-refractivity contribution in [3.05, 3.63) is 75.5 Å². The lowest BCUT2D eigenvalue weighted by atomic mass is 10.0. The Labute approximate surface area is 343 Å². The van der Waals surface area contributed by atoms with Crippen molar-refractivity contribution in [1.82, 2.24) is 34.7 Å². The zero-order valence-electron chi connectivity index (χ0n) is 34.6. The topological polar surface area (TPSA) is 186 Å². The Morgan fingerprint density at radius 3 is 2.08 bits per heavy atom. The number of hydrogen-bond donors (Lipinski definition) is 2. The fraction of sp³-hybridized carbons (Fsp3) is 0.548. The van der Waals surface area contributed by atoms with Crippen molar-refractivity contribution in [2.24, 2.45) is 0 Å². The second kappa shape index (κ2) is 20.1. The molecule has 320 valence electrons. The lowest BCUT2D eigenvalue weighted by Crippen LogP contribution is -2.51. The van der Waals surface area contributed by atoms with Crippen LogP contribution >= 0.6 is 0 Å². The monoisotopic (exact) mass is 821 g/mol. The summed E-state index contributed by atoms with van der Waals surface area (Å²) in [7, 11) is 0. The van der Waals surface area contributed by atoms with Gasteiger partial charge in [-0.3, -0.25) is 43.5 Å². The molecule has 0 spiro atoms. The molecule has 0 radical (unpaired) electrons. The van der Waals surface area contributed by atoms with Gasteiger partial charge in [0.15, 0.2) is 0 Å². The number of hydrogen-bond acceptors (Lipinski definition) is 12. The number of carboxylic acids is 1. The van der Waals surface area contributed by atoms with E-state index in [0.717, 1.165) is 0 Å². The normalized spacial score (nSPS) is 16.9. The number of H-pyrrole nitrogens is 1. The number of amides is 2. The van der Waals surface area contributed by atoms with Gasteiger partial charge in [0.25, 0.3) is 11.5 Å². The fourth-order valence-electron chi connectivity index (χ4n) is 7.39. The van der Waals surface area contributed by atoms with Crippen LogP contribution in [0.15, 0.2) is 47.3 Å². The summed E-state index contributed by atoms with van der Waals surface area (Å²) < 4.78 is 26.3. The zero-order valence-corrected chi connectivity index (χ0v) is 34.6. The molecule has 3 aromatic rings. The number of rotatable bonds is 13. The summed E-state index contributed by atoms with van der Waals surface area (Å²) in [6.07, 6.45) is -0.0189. The Hall–Kier alpha value is -5.26. The number of aliphatic carboxylic acids is 1. The summed E-state index contributed by atoms with van der Waals surface area (Å²) in [4.78, 5) is 86.2. The predicted molar refractivity (Wildman–Crippen MR) is 216 cm³/mol. The smallest absolute Gasteiger partial charge is 0.323 e. The van der Waals surface area contributed by atoms with Gasteiger partial charge in [-0.15, -0.1) is 0 Å². The molecule has 2 amide bonds. The van der Waals surface area contributed by atoms with Gasteiger partial charge in [-0.05, 0) is 64.8 Å². The molecule has 2 fully saturated rings. The van der Waals surface area contributed by atoms with E-state index in [4.69, 9.17) is 9.47 Å². The number of piperazine rings is 1. The van der Waals surface area contributed by atoms with Gasteiger partial charge in [0, 0.05) is 83.7 Å². The van der Waals surface area contributed by atoms with Crippen molar-refractivity contribution >= 4 is 40.5 Å². The Bertz CT molecular complexity index is 2040. The van der Waals surface area contributed by atoms with Crippen LogP contribution in [0.3, 0.4) is 0 Å². The van der Waals surface area contributed by atoms with Crippen LogP contribution in [0.25, 0.3) is 10.8 Å². The quantitative estimate of drug-likeness (QED) is 0.240. The minimum atomic E-state index is -0.995. The first kappa shape index (κ1) is 44.8. The molecule has 1 aromatic heterocycles. The average Bonchev–Trinajstić information content (AvgIpc) is 3.26. The minimum Gasteiger partial charge on any atom is -0.480 e.